The Morgan fingerprint density at radius 1 is 1.45 bits per heavy atom. The van der Waals surface area contributed by atoms with Crippen molar-refractivity contribution in [2.75, 3.05) is 19.7 Å². The molecule has 1 N–H and O–H groups in total. The van der Waals surface area contributed by atoms with E-state index in [1.807, 2.05) is 17.9 Å². The maximum absolute atomic E-state index is 12.1. The van der Waals surface area contributed by atoms with Gasteiger partial charge in [0.15, 0.2) is 0 Å². The van der Waals surface area contributed by atoms with Crippen LogP contribution in [0.4, 0.5) is 4.79 Å². The molecule has 0 saturated carbocycles. The second kappa shape index (κ2) is 5.44. The molecule has 4 nitrogen and oxygen atoms in total. The number of carbonyl (C=O) groups is 1. The van der Waals surface area contributed by atoms with Crippen LogP contribution in [0.2, 0.25) is 0 Å². The van der Waals surface area contributed by atoms with E-state index in [0.717, 1.165) is 32.4 Å². The van der Waals surface area contributed by atoms with Gasteiger partial charge in [-0.2, -0.15) is 0 Å². The zero-order chi connectivity index (χ0) is 14.0. The van der Waals surface area contributed by atoms with Crippen molar-refractivity contribution in [1.82, 2.24) is 10.2 Å². The highest BCUT2D eigenvalue weighted by Crippen LogP contribution is 2.37. The Morgan fingerprint density at radius 3 is 3.00 bits per heavy atom. The van der Waals surface area contributed by atoms with Gasteiger partial charge in [0.1, 0.15) is 0 Å². The van der Waals surface area contributed by atoms with E-state index in [9.17, 15) is 4.79 Å². The van der Waals surface area contributed by atoms with Crippen molar-refractivity contribution >= 4 is 6.09 Å². The summed E-state index contributed by atoms with van der Waals surface area (Å²) in [6, 6.07) is 10.8. The predicted molar refractivity (Wildman–Crippen MR) is 77.6 cm³/mol. The van der Waals surface area contributed by atoms with Crippen LogP contribution in [-0.2, 0) is 11.2 Å². The SMILES string of the molecule is CCOC(=O)N1CCC2(Cc3ccccc3)NCCC12. The van der Waals surface area contributed by atoms with Gasteiger partial charge in [-0.05, 0) is 38.3 Å². The molecule has 2 fully saturated rings. The Hall–Kier alpha value is -1.55. The van der Waals surface area contributed by atoms with Crippen LogP contribution in [-0.4, -0.2) is 42.3 Å². The standard InChI is InChI=1S/C16H22N2O2/c1-2-20-15(19)18-11-9-16(14(18)8-10-17-16)12-13-6-4-3-5-7-13/h3-7,14,17H,2,8-12H2,1H3. The van der Waals surface area contributed by atoms with Crippen LogP contribution in [0, 0.1) is 0 Å². The van der Waals surface area contributed by atoms with Gasteiger partial charge >= 0.3 is 6.09 Å². The van der Waals surface area contributed by atoms with E-state index in [2.05, 4.69) is 29.6 Å². The highest BCUT2D eigenvalue weighted by molar-refractivity contribution is 5.69. The first-order chi connectivity index (χ1) is 9.75. The molecule has 2 aliphatic heterocycles. The summed E-state index contributed by atoms with van der Waals surface area (Å²) in [7, 11) is 0. The van der Waals surface area contributed by atoms with E-state index in [4.69, 9.17) is 4.74 Å². The fraction of sp³-hybridized carbons (Fsp3) is 0.562. The Labute approximate surface area is 120 Å². The zero-order valence-corrected chi connectivity index (χ0v) is 12.0. The number of hydrogen-bond acceptors (Lipinski definition) is 3. The van der Waals surface area contributed by atoms with E-state index < -0.39 is 0 Å². The minimum absolute atomic E-state index is 0.0358. The van der Waals surface area contributed by atoms with Gasteiger partial charge in [0.2, 0.25) is 0 Å². The van der Waals surface area contributed by atoms with Crippen molar-refractivity contribution in [3.8, 4) is 0 Å². The van der Waals surface area contributed by atoms with Gasteiger partial charge < -0.3 is 15.0 Å². The quantitative estimate of drug-likeness (QED) is 0.918. The number of nitrogens with zero attached hydrogens (tertiary/aromatic N) is 1. The topological polar surface area (TPSA) is 41.6 Å². The van der Waals surface area contributed by atoms with Gasteiger partial charge in [0.25, 0.3) is 0 Å². The van der Waals surface area contributed by atoms with Crippen LogP contribution in [0.3, 0.4) is 0 Å². The van der Waals surface area contributed by atoms with E-state index in [-0.39, 0.29) is 17.7 Å². The molecule has 2 atom stereocenters. The predicted octanol–water partition coefficient (Wildman–Crippen LogP) is 2.19. The van der Waals surface area contributed by atoms with Crippen molar-refractivity contribution in [3.05, 3.63) is 35.9 Å². The van der Waals surface area contributed by atoms with Crippen molar-refractivity contribution in [2.24, 2.45) is 0 Å². The molecule has 1 aromatic carbocycles. The van der Waals surface area contributed by atoms with Gasteiger partial charge in [0, 0.05) is 12.1 Å². The van der Waals surface area contributed by atoms with Crippen LogP contribution >= 0.6 is 0 Å². The van der Waals surface area contributed by atoms with Crippen molar-refractivity contribution in [1.29, 1.82) is 0 Å². The van der Waals surface area contributed by atoms with Crippen molar-refractivity contribution in [3.63, 3.8) is 0 Å². The maximum Gasteiger partial charge on any atom is 0.410 e. The summed E-state index contributed by atoms with van der Waals surface area (Å²) >= 11 is 0. The molecule has 2 unspecified atom stereocenters. The van der Waals surface area contributed by atoms with E-state index in [1.54, 1.807) is 0 Å². The maximum atomic E-state index is 12.1. The van der Waals surface area contributed by atoms with Crippen LogP contribution in [0.25, 0.3) is 0 Å². The fourth-order valence-corrected chi connectivity index (χ4v) is 3.69. The summed E-state index contributed by atoms with van der Waals surface area (Å²) in [4.78, 5) is 14.0. The average Bonchev–Trinajstić information content (AvgIpc) is 2.98. The summed E-state index contributed by atoms with van der Waals surface area (Å²) in [6.07, 6.45) is 2.85. The number of nitrogens with one attached hydrogen (secondary N) is 1. The zero-order valence-electron chi connectivity index (χ0n) is 12.0. The highest BCUT2D eigenvalue weighted by Gasteiger charge is 2.52. The molecule has 2 saturated heterocycles. The molecular weight excluding hydrogens is 252 g/mol. The second-order valence-electron chi connectivity index (χ2n) is 5.69. The first kappa shape index (κ1) is 13.4. The second-order valence-corrected chi connectivity index (χ2v) is 5.69. The molecule has 108 valence electrons. The molecule has 0 aliphatic carbocycles. The monoisotopic (exact) mass is 274 g/mol. The third-order valence-electron chi connectivity index (χ3n) is 4.57. The minimum Gasteiger partial charge on any atom is -0.450 e. The molecule has 4 heteroatoms. The molecule has 2 heterocycles. The molecule has 0 bridgehead atoms. The van der Waals surface area contributed by atoms with E-state index in [0.29, 0.717) is 6.61 Å². The number of carbonyl (C=O) groups excluding carboxylic acids is 1. The Morgan fingerprint density at radius 2 is 2.25 bits per heavy atom. The molecule has 1 amide bonds. The average molecular weight is 274 g/mol. The lowest BCUT2D eigenvalue weighted by Crippen LogP contribution is -2.50. The largest absolute Gasteiger partial charge is 0.450 e. The van der Waals surface area contributed by atoms with Gasteiger partial charge in [-0.25, -0.2) is 4.79 Å². The van der Waals surface area contributed by atoms with Crippen LogP contribution in [0.1, 0.15) is 25.3 Å². The molecule has 0 aromatic heterocycles. The summed E-state index contributed by atoms with van der Waals surface area (Å²) in [6.45, 7) is 4.08. The van der Waals surface area contributed by atoms with Gasteiger partial charge in [-0.3, -0.25) is 0 Å². The Bertz CT molecular complexity index is 477. The molecule has 2 aliphatic rings. The molecular formula is C16H22N2O2. The summed E-state index contributed by atoms with van der Waals surface area (Å²) < 4.78 is 5.19. The first-order valence-corrected chi connectivity index (χ1v) is 7.47. The highest BCUT2D eigenvalue weighted by atomic mass is 16.6. The van der Waals surface area contributed by atoms with Crippen LogP contribution < -0.4 is 5.32 Å². The normalized spacial score (nSPS) is 28.4. The molecule has 0 radical (unpaired) electrons. The molecule has 1 aromatic rings. The first-order valence-electron chi connectivity index (χ1n) is 7.47. The smallest absolute Gasteiger partial charge is 0.410 e. The Balaban J connectivity index is 1.77. The third-order valence-corrected chi connectivity index (χ3v) is 4.57. The number of hydrogen-bond donors (Lipinski definition) is 1. The number of ether oxygens (including phenoxy) is 1. The minimum atomic E-state index is -0.156. The summed E-state index contributed by atoms with van der Waals surface area (Å²) in [5.41, 5.74) is 1.37. The molecule has 0 spiro atoms. The number of likely N-dealkylation sites (tertiary alicyclic amines) is 1. The summed E-state index contributed by atoms with van der Waals surface area (Å²) in [5, 5.41) is 3.66. The number of benzene rings is 1. The lowest BCUT2D eigenvalue weighted by Gasteiger charge is -2.32. The van der Waals surface area contributed by atoms with Crippen LogP contribution in [0.15, 0.2) is 30.3 Å². The van der Waals surface area contributed by atoms with Crippen molar-refractivity contribution in [2.45, 2.75) is 37.8 Å². The van der Waals surface area contributed by atoms with E-state index >= 15 is 0 Å². The fourth-order valence-electron chi connectivity index (χ4n) is 3.69. The Kier molecular flexibility index (Phi) is 3.66. The summed E-state index contributed by atoms with van der Waals surface area (Å²) in [5.74, 6) is 0. The lowest BCUT2D eigenvalue weighted by atomic mass is 9.85. The van der Waals surface area contributed by atoms with Crippen LogP contribution in [0.5, 0.6) is 0 Å². The third kappa shape index (κ3) is 2.29. The van der Waals surface area contributed by atoms with Crippen molar-refractivity contribution < 1.29 is 9.53 Å². The van der Waals surface area contributed by atoms with Gasteiger partial charge in [0.05, 0.1) is 12.6 Å². The van der Waals surface area contributed by atoms with Gasteiger partial charge in [-0.15, -0.1) is 0 Å². The number of fused-ring (bicyclic) bond motifs is 1. The number of rotatable bonds is 3. The molecule has 3 rings (SSSR count). The number of amides is 1. The van der Waals surface area contributed by atoms with Gasteiger partial charge in [-0.1, -0.05) is 30.3 Å². The van der Waals surface area contributed by atoms with E-state index in [1.165, 1.54) is 5.56 Å². The molecule has 20 heavy (non-hydrogen) atoms. The lowest BCUT2D eigenvalue weighted by molar-refractivity contribution is 0.0986.